The highest BCUT2D eigenvalue weighted by Crippen LogP contribution is 2.24. The fourth-order valence-electron chi connectivity index (χ4n) is 3.00. The maximum atomic E-state index is 3.63. The number of benzene rings is 1. The lowest BCUT2D eigenvalue weighted by molar-refractivity contribution is 0.148. The van der Waals surface area contributed by atoms with Crippen molar-refractivity contribution in [3.05, 3.63) is 35.4 Å². The number of aryl methyl sites for hydroxylation is 1. The van der Waals surface area contributed by atoms with Gasteiger partial charge in [0.1, 0.15) is 0 Å². The number of hydrogen-bond donors (Lipinski definition) is 1. The van der Waals surface area contributed by atoms with Gasteiger partial charge in [0.15, 0.2) is 0 Å². The van der Waals surface area contributed by atoms with Crippen LogP contribution in [-0.2, 0) is 0 Å². The van der Waals surface area contributed by atoms with E-state index in [2.05, 4.69) is 55.3 Å². The molecule has 0 aromatic heterocycles. The van der Waals surface area contributed by atoms with Gasteiger partial charge in [-0.15, -0.1) is 0 Å². The minimum Gasteiger partial charge on any atom is -0.311 e. The van der Waals surface area contributed by atoms with Crippen molar-refractivity contribution in [3.63, 3.8) is 0 Å². The maximum absolute atomic E-state index is 3.63. The summed E-state index contributed by atoms with van der Waals surface area (Å²) in [6.07, 6.45) is 2.56. The van der Waals surface area contributed by atoms with Gasteiger partial charge in [-0.3, -0.25) is 4.90 Å². The van der Waals surface area contributed by atoms with Gasteiger partial charge in [-0.1, -0.05) is 37.6 Å². The molecule has 2 nitrogen and oxygen atoms in total. The predicted octanol–water partition coefficient (Wildman–Crippen LogP) is 3.13. The second-order valence-corrected chi connectivity index (χ2v) is 5.47. The standard InChI is InChI=1S/C16H26N2/c1-4-7-15-12-18(11-10-17-15)14(3)16-9-6-5-8-13(16)2/h5-6,8-9,14-15,17H,4,7,10-12H2,1-3H3. The predicted molar refractivity (Wildman–Crippen MR) is 77.9 cm³/mol. The first kappa shape index (κ1) is 13.6. The molecule has 1 aliphatic rings. The highest BCUT2D eigenvalue weighted by atomic mass is 15.2. The van der Waals surface area contributed by atoms with Gasteiger partial charge in [-0.05, 0) is 31.4 Å². The van der Waals surface area contributed by atoms with Crippen LogP contribution in [0.2, 0.25) is 0 Å². The summed E-state index contributed by atoms with van der Waals surface area (Å²) < 4.78 is 0. The van der Waals surface area contributed by atoms with Gasteiger partial charge in [-0.25, -0.2) is 0 Å². The molecule has 100 valence electrons. The normalized spacial score (nSPS) is 22.9. The van der Waals surface area contributed by atoms with Gasteiger partial charge in [0, 0.05) is 31.7 Å². The Morgan fingerprint density at radius 3 is 2.89 bits per heavy atom. The Hall–Kier alpha value is -0.860. The molecule has 0 saturated carbocycles. The molecule has 1 saturated heterocycles. The summed E-state index contributed by atoms with van der Waals surface area (Å²) >= 11 is 0. The molecule has 2 atom stereocenters. The topological polar surface area (TPSA) is 15.3 Å². The molecule has 1 fully saturated rings. The highest BCUT2D eigenvalue weighted by molar-refractivity contribution is 5.28. The molecule has 1 aromatic carbocycles. The van der Waals surface area contributed by atoms with Crippen molar-refractivity contribution in [3.8, 4) is 0 Å². The SMILES string of the molecule is CCCC1CN(C(C)c2ccccc2C)CCN1. The zero-order chi connectivity index (χ0) is 13.0. The van der Waals surface area contributed by atoms with Crippen LogP contribution in [0, 0.1) is 6.92 Å². The van der Waals surface area contributed by atoms with Crippen LogP contribution in [0.5, 0.6) is 0 Å². The molecule has 1 aromatic rings. The van der Waals surface area contributed by atoms with Crippen LogP contribution in [0.1, 0.15) is 43.9 Å². The maximum Gasteiger partial charge on any atom is 0.0323 e. The fraction of sp³-hybridized carbons (Fsp3) is 0.625. The van der Waals surface area contributed by atoms with E-state index in [-0.39, 0.29) is 0 Å². The molecule has 0 aliphatic carbocycles. The zero-order valence-corrected chi connectivity index (χ0v) is 11.9. The Kier molecular flexibility index (Phi) is 4.79. The highest BCUT2D eigenvalue weighted by Gasteiger charge is 2.23. The summed E-state index contributed by atoms with van der Waals surface area (Å²) in [6.45, 7) is 10.3. The first-order valence-electron chi connectivity index (χ1n) is 7.25. The van der Waals surface area contributed by atoms with Crippen molar-refractivity contribution in [1.82, 2.24) is 10.2 Å². The first-order valence-corrected chi connectivity index (χ1v) is 7.25. The summed E-state index contributed by atoms with van der Waals surface area (Å²) in [5, 5.41) is 3.63. The number of piperazine rings is 1. The summed E-state index contributed by atoms with van der Waals surface area (Å²) in [4.78, 5) is 2.62. The van der Waals surface area contributed by atoms with Gasteiger partial charge < -0.3 is 5.32 Å². The van der Waals surface area contributed by atoms with Crippen molar-refractivity contribution in [2.24, 2.45) is 0 Å². The van der Waals surface area contributed by atoms with Crippen molar-refractivity contribution in [1.29, 1.82) is 0 Å². The summed E-state index contributed by atoms with van der Waals surface area (Å²) in [5.74, 6) is 0. The summed E-state index contributed by atoms with van der Waals surface area (Å²) in [5.41, 5.74) is 2.89. The third-order valence-corrected chi connectivity index (χ3v) is 4.11. The van der Waals surface area contributed by atoms with E-state index >= 15 is 0 Å². The van der Waals surface area contributed by atoms with Gasteiger partial charge in [0.25, 0.3) is 0 Å². The lowest BCUT2D eigenvalue weighted by Gasteiger charge is -2.38. The third-order valence-electron chi connectivity index (χ3n) is 4.11. The van der Waals surface area contributed by atoms with Crippen LogP contribution >= 0.6 is 0 Å². The van der Waals surface area contributed by atoms with Crippen LogP contribution in [0.15, 0.2) is 24.3 Å². The van der Waals surface area contributed by atoms with E-state index in [0.29, 0.717) is 12.1 Å². The minimum absolute atomic E-state index is 0.535. The monoisotopic (exact) mass is 246 g/mol. The molecule has 1 aliphatic heterocycles. The average Bonchev–Trinajstić information content (AvgIpc) is 2.39. The fourth-order valence-corrected chi connectivity index (χ4v) is 3.00. The number of nitrogens with one attached hydrogen (secondary N) is 1. The van der Waals surface area contributed by atoms with E-state index < -0.39 is 0 Å². The Bertz CT molecular complexity index is 373. The van der Waals surface area contributed by atoms with Crippen LogP contribution in [0.25, 0.3) is 0 Å². The first-order chi connectivity index (χ1) is 8.72. The van der Waals surface area contributed by atoms with Crippen molar-refractivity contribution in [2.75, 3.05) is 19.6 Å². The largest absolute Gasteiger partial charge is 0.311 e. The molecule has 0 spiro atoms. The zero-order valence-electron chi connectivity index (χ0n) is 11.9. The molecule has 0 radical (unpaired) electrons. The minimum atomic E-state index is 0.535. The second-order valence-electron chi connectivity index (χ2n) is 5.47. The van der Waals surface area contributed by atoms with E-state index in [0.717, 1.165) is 13.1 Å². The lowest BCUT2D eigenvalue weighted by Crippen LogP contribution is -2.51. The van der Waals surface area contributed by atoms with Crippen molar-refractivity contribution >= 4 is 0 Å². The van der Waals surface area contributed by atoms with E-state index in [9.17, 15) is 0 Å². The Morgan fingerprint density at radius 2 is 2.17 bits per heavy atom. The summed E-state index contributed by atoms with van der Waals surface area (Å²) in [6, 6.07) is 9.99. The molecular weight excluding hydrogens is 220 g/mol. The van der Waals surface area contributed by atoms with E-state index in [1.165, 1.54) is 30.5 Å². The van der Waals surface area contributed by atoms with Gasteiger partial charge in [0.05, 0.1) is 0 Å². The molecule has 18 heavy (non-hydrogen) atoms. The molecule has 2 rings (SSSR count). The van der Waals surface area contributed by atoms with E-state index in [1.54, 1.807) is 0 Å². The lowest BCUT2D eigenvalue weighted by atomic mass is 9.99. The van der Waals surface area contributed by atoms with Crippen molar-refractivity contribution in [2.45, 2.75) is 45.7 Å². The number of rotatable bonds is 4. The second kappa shape index (κ2) is 6.35. The molecule has 2 heteroatoms. The molecule has 1 heterocycles. The van der Waals surface area contributed by atoms with Crippen LogP contribution < -0.4 is 5.32 Å². The van der Waals surface area contributed by atoms with Crippen LogP contribution in [-0.4, -0.2) is 30.6 Å². The smallest absolute Gasteiger partial charge is 0.0323 e. The average molecular weight is 246 g/mol. The molecule has 0 amide bonds. The van der Waals surface area contributed by atoms with E-state index in [4.69, 9.17) is 0 Å². The Morgan fingerprint density at radius 1 is 1.39 bits per heavy atom. The van der Waals surface area contributed by atoms with Gasteiger partial charge in [-0.2, -0.15) is 0 Å². The quantitative estimate of drug-likeness (QED) is 0.878. The summed E-state index contributed by atoms with van der Waals surface area (Å²) in [7, 11) is 0. The Labute approximate surface area is 111 Å². The van der Waals surface area contributed by atoms with E-state index in [1.807, 2.05) is 0 Å². The molecule has 0 bridgehead atoms. The Balaban J connectivity index is 2.04. The molecular formula is C16H26N2. The number of nitrogens with zero attached hydrogens (tertiary/aromatic N) is 1. The van der Waals surface area contributed by atoms with Gasteiger partial charge >= 0.3 is 0 Å². The van der Waals surface area contributed by atoms with Crippen LogP contribution in [0.4, 0.5) is 0 Å². The van der Waals surface area contributed by atoms with Crippen LogP contribution in [0.3, 0.4) is 0 Å². The number of hydrogen-bond acceptors (Lipinski definition) is 2. The third kappa shape index (κ3) is 3.12. The molecule has 2 unspecified atom stereocenters. The van der Waals surface area contributed by atoms with Gasteiger partial charge in [0.2, 0.25) is 0 Å². The molecule has 1 N–H and O–H groups in total. The van der Waals surface area contributed by atoms with Crippen molar-refractivity contribution < 1.29 is 0 Å².